The maximum Gasteiger partial charge on any atom is 0.414 e. The zero-order valence-corrected chi connectivity index (χ0v) is 14.6. The van der Waals surface area contributed by atoms with Crippen LogP contribution in [0.5, 0.6) is 0 Å². The monoisotopic (exact) mass is 368 g/mol. The number of nitrogens with zero attached hydrogens (tertiary/aromatic N) is 3. The van der Waals surface area contributed by atoms with Gasteiger partial charge in [-0.1, -0.05) is 12.1 Å². The van der Waals surface area contributed by atoms with E-state index < -0.39 is 11.9 Å². The summed E-state index contributed by atoms with van der Waals surface area (Å²) in [5.74, 6) is -0.698. The molecule has 1 atom stereocenters. The van der Waals surface area contributed by atoms with Crippen molar-refractivity contribution < 1.29 is 18.7 Å². The Labute approximate surface area is 154 Å². The van der Waals surface area contributed by atoms with Crippen molar-refractivity contribution in [1.29, 1.82) is 0 Å². The number of hydrogen-bond donors (Lipinski definition) is 1. The molecule has 7 nitrogen and oxygen atoms in total. The normalized spacial score (nSPS) is 16.6. The molecule has 3 aromatic rings. The molecule has 1 fully saturated rings. The molecule has 27 heavy (non-hydrogen) atoms. The Bertz CT molecular complexity index is 1030. The van der Waals surface area contributed by atoms with Crippen LogP contribution in [-0.4, -0.2) is 40.7 Å². The van der Waals surface area contributed by atoms with E-state index in [0.29, 0.717) is 11.4 Å². The zero-order valence-electron chi connectivity index (χ0n) is 14.6. The second-order valence-electron chi connectivity index (χ2n) is 6.28. The standard InChI is InChI=1S/C19H17FN4O3/c1-12(25)21-9-14-10-27-19(26)24(14)13-6-7-17(15(20)8-13)23-11-22-16-4-2-3-5-18(16)23/h2-8,11,14H,9-10H2,1H3,(H,21,25)/t14-/m0/s1. The van der Waals surface area contributed by atoms with Crippen molar-refractivity contribution in [2.24, 2.45) is 0 Å². The predicted octanol–water partition coefficient (Wildman–Crippen LogP) is 2.63. The van der Waals surface area contributed by atoms with Crippen LogP contribution < -0.4 is 10.2 Å². The van der Waals surface area contributed by atoms with Gasteiger partial charge in [0, 0.05) is 13.5 Å². The number of carbonyl (C=O) groups is 2. The van der Waals surface area contributed by atoms with Gasteiger partial charge in [0.25, 0.3) is 0 Å². The number of ether oxygens (including phenoxy) is 1. The van der Waals surface area contributed by atoms with E-state index in [2.05, 4.69) is 10.3 Å². The van der Waals surface area contributed by atoms with Gasteiger partial charge in [-0.2, -0.15) is 0 Å². The third kappa shape index (κ3) is 3.10. The minimum Gasteiger partial charge on any atom is -0.447 e. The Morgan fingerprint density at radius 2 is 2.15 bits per heavy atom. The lowest BCUT2D eigenvalue weighted by atomic mass is 10.2. The van der Waals surface area contributed by atoms with Crippen LogP contribution in [0.3, 0.4) is 0 Å². The van der Waals surface area contributed by atoms with Crippen LogP contribution >= 0.6 is 0 Å². The van der Waals surface area contributed by atoms with E-state index in [1.54, 1.807) is 23.0 Å². The number of benzene rings is 2. The van der Waals surface area contributed by atoms with Gasteiger partial charge in [-0.25, -0.2) is 14.2 Å². The number of fused-ring (bicyclic) bond motifs is 1. The van der Waals surface area contributed by atoms with Crippen molar-refractivity contribution in [1.82, 2.24) is 14.9 Å². The van der Waals surface area contributed by atoms with Gasteiger partial charge in [0.05, 0.1) is 28.5 Å². The van der Waals surface area contributed by atoms with Crippen molar-refractivity contribution in [2.45, 2.75) is 13.0 Å². The quantitative estimate of drug-likeness (QED) is 0.768. The smallest absolute Gasteiger partial charge is 0.414 e. The number of imidazole rings is 1. The summed E-state index contributed by atoms with van der Waals surface area (Å²) in [6.45, 7) is 1.76. The van der Waals surface area contributed by atoms with Crippen molar-refractivity contribution in [3.63, 3.8) is 0 Å². The molecule has 1 N–H and O–H groups in total. The van der Waals surface area contributed by atoms with Crippen LogP contribution in [0.15, 0.2) is 48.8 Å². The molecule has 1 aliphatic heterocycles. The first-order valence-electron chi connectivity index (χ1n) is 8.47. The molecule has 0 spiro atoms. The van der Waals surface area contributed by atoms with Gasteiger partial charge in [-0.05, 0) is 30.3 Å². The predicted molar refractivity (Wildman–Crippen MR) is 97.3 cm³/mol. The molecular formula is C19H17FN4O3. The van der Waals surface area contributed by atoms with Gasteiger partial charge in [0.1, 0.15) is 18.8 Å². The van der Waals surface area contributed by atoms with Crippen molar-refractivity contribution in [3.8, 4) is 5.69 Å². The number of hydrogen-bond acceptors (Lipinski definition) is 4. The second-order valence-corrected chi connectivity index (χ2v) is 6.28. The van der Waals surface area contributed by atoms with Crippen LogP contribution in [-0.2, 0) is 9.53 Å². The first-order chi connectivity index (χ1) is 13.0. The van der Waals surface area contributed by atoms with Gasteiger partial charge < -0.3 is 10.1 Å². The van der Waals surface area contributed by atoms with E-state index in [9.17, 15) is 14.0 Å². The maximum absolute atomic E-state index is 14.9. The highest BCUT2D eigenvalue weighted by Gasteiger charge is 2.34. The fourth-order valence-corrected chi connectivity index (χ4v) is 3.18. The Morgan fingerprint density at radius 3 is 2.93 bits per heavy atom. The number of amides is 2. The zero-order chi connectivity index (χ0) is 19.0. The summed E-state index contributed by atoms with van der Waals surface area (Å²) in [6, 6.07) is 11.6. The molecule has 0 radical (unpaired) electrons. The molecule has 2 aromatic carbocycles. The number of halogens is 1. The van der Waals surface area contributed by atoms with E-state index in [0.717, 1.165) is 11.0 Å². The molecule has 0 aliphatic carbocycles. The van der Waals surface area contributed by atoms with Crippen molar-refractivity contribution in [3.05, 3.63) is 54.6 Å². The number of rotatable bonds is 4. The SMILES string of the molecule is CC(=O)NC[C@H]1COC(=O)N1c1ccc(-n2cnc3ccccc32)c(F)c1. The van der Waals surface area contributed by atoms with Gasteiger partial charge in [0.2, 0.25) is 5.91 Å². The number of cyclic esters (lactones) is 1. The highest BCUT2D eigenvalue weighted by Crippen LogP contribution is 2.28. The van der Waals surface area contributed by atoms with Crippen LogP contribution in [0.2, 0.25) is 0 Å². The Hall–Kier alpha value is -3.42. The fourth-order valence-electron chi connectivity index (χ4n) is 3.18. The number of aromatic nitrogens is 2. The van der Waals surface area contributed by atoms with E-state index in [1.165, 1.54) is 17.9 Å². The molecule has 1 saturated heterocycles. The Morgan fingerprint density at radius 1 is 1.33 bits per heavy atom. The third-order valence-electron chi connectivity index (χ3n) is 4.47. The van der Waals surface area contributed by atoms with Gasteiger partial charge >= 0.3 is 6.09 Å². The first-order valence-corrected chi connectivity index (χ1v) is 8.47. The Kier molecular flexibility index (Phi) is 4.23. The lowest BCUT2D eigenvalue weighted by Crippen LogP contribution is -2.42. The van der Waals surface area contributed by atoms with E-state index in [4.69, 9.17) is 4.74 Å². The van der Waals surface area contributed by atoms with Crippen LogP contribution in [0, 0.1) is 5.82 Å². The Balaban J connectivity index is 1.67. The number of anilines is 1. The molecule has 0 saturated carbocycles. The lowest BCUT2D eigenvalue weighted by molar-refractivity contribution is -0.119. The average Bonchev–Trinajstić information content (AvgIpc) is 3.23. The largest absolute Gasteiger partial charge is 0.447 e. The van der Waals surface area contributed by atoms with E-state index in [-0.39, 0.29) is 25.1 Å². The summed E-state index contributed by atoms with van der Waals surface area (Å²) < 4.78 is 21.6. The van der Waals surface area contributed by atoms with Gasteiger partial charge in [0.15, 0.2) is 0 Å². The molecule has 0 unspecified atom stereocenters. The van der Waals surface area contributed by atoms with Crippen LogP contribution in [0.25, 0.3) is 16.7 Å². The summed E-state index contributed by atoms with van der Waals surface area (Å²) in [5.41, 5.74) is 2.25. The number of nitrogens with one attached hydrogen (secondary N) is 1. The second kappa shape index (κ2) is 6.71. The molecule has 2 amide bonds. The number of para-hydroxylation sites is 2. The topological polar surface area (TPSA) is 76.5 Å². The van der Waals surface area contributed by atoms with Gasteiger partial charge in [-0.3, -0.25) is 14.3 Å². The summed E-state index contributed by atoms with van der Waals surface area (Å²) in [6.07, 6.45) is 0.998. The van der Waals surface area contributed by atoms with Crippen molar-refractivity contribution in [2.75, 3.05) is 18.1 Å². The van der Waals surface area contributed by atoms with Gasteiger partial charge in [-0.15, -0.1) is 0 Å². The molecular weight excluding hydrogens is 351 g/mol. The van der Waals surface area contributed by atoms with E-state index >= 15 is 0 Å². The van der Waals surface area contributed by atoms with Crippen LogP contribution in [0.4, 0.5) is 14.9 Å². The molecule has 1 aliphatic rings. The average molecular weight is 368 g/mol. The highest BCUT2D eigenvalue weighted by atomic mass is 19.1. The molecule has 8 heteroatoms. The number of carbonyl (C=O) groups excluding carboxylic acids is 2. The third-order valence-corrected chi connectivity index (χ3v) is 4.47. The summed E-state index contributed by atoms with van der Waals surface area (Å²) in [4.78, 5) is 28.8. The molecule has 4 rings (SSSR count). The maximum atomic E-state index is 14.9. The first kappa shape index (κ1) is 17.0. The highest BCUT2D eigenvalue weighted by molar-refractivity contribution is 5.90. The molecule has 138 valence electrons. The minimum atomic E-state index is -0.564. The minimum absolute atomic E-state index is 0.134. The summed E-state index contributed by atoms with van der Waals surface area (Å²) in [5, 5.41) is 2.66. The summed E-state index contributed by atoms with van der Waals surface area (Å²) in [7, 11) is 0. The van der Waals surface area contributed by atoms with Crippen LogP contribution in [0.1, 0.15) is 6.92 Å². The lowest BCUT2D eigenvalue weighted by Gasteiger charge is -2.22. The fraction of sp³-hybridized carbons (Fsp3) is 0.211. The van der Waals surface area contributed by atoms with E-state index in [1.807, 2.05) is 24.3 Å². The molecule has 1 aromatic heterocycles. The summed E-state index contributed by atoms with van der Waals surface area (Å²) >= 11 is 0. The molecule has 2 heterocycles. The molecule has 0 bridgehead atoms. The van der Waals surface area contributed by atoms with Crippen molar-refractivity contribution >= 4 is 28.7 Å².